The van der Waals surface area contributed by atoms with Gasteiger partial charge in [0.1, 0.15) is 5.82 Å². The molecule has 1 saturated carbocycles. The summed E-state index contributed by atoms with van der Waals surface area (Å²) in [4.78, 5) is 16.8. The van der Waals surface area contributed by atoms with E-state index in [-0.39, 0.29) is 11.7 Å². The molecule has 3 nitrogen and oxygen atoms in total. The van der Waals surface area contributed by atoms with Crippen molar-refractivity contribution in [3.63, 3.8) is 0 Å². The fourth-order valence-electron chi connectivity index (χ4n) is 3.17. The van der Waals surface area contributed by atoms with Crippen molar-refractivity contribution in [2.24, 2.45) is 0 Å². The topological polar surface area (TPSA) is 42.0 Å². The van der Waals surface area contributed by atoms with Gasteiger partial charge in [-0.25, -0.2) is 4.39 Å². The molecule has 0 atom stereocenters. The van der Waals surface area contributed by atoms with Gasteiger partial charge in [0.05, 0.1) is 16.3 Å². The van der Waals surface area contributed by atoms with Crippen LogP contribution in [0, 0.1) is 18.2 Å². The zero-order valence-corrected chi connectivity index (χ0v) is 15.6. The molecule has 0 radical (unpaired) electrons. The Morgan fingerprint density at radius 2 is 1.89 bits per heavy atom. The summed E-state index contributed by atoms with van der Waals surface area (Å²) in [5, 5.41) is 3.54. The summed E-state index contributed by atoms with van der Waals surface area (Å²) >= 11 is 5.84. The minimum absolute atomic E-state index is 0.204. The molecule has 0 saturated heterocycles. The third kappa shape index (κ3) is 3.49. The van der Waals surface area contributed by atoms with Gasteiger partial charge < -0.3 is 5.32 Å². The van der Waals surface area contributed by atoms with Gasteiger partial charge in [0.25, 0.3) is 5.91 Å². The molecule has 1 aliphatic rings. The first-order valence-electron chi connectivity index (χ1n) is 8.82. The van der Waals surface area contributed by atoms with E-state index in [1.54, 1.807) is 42.5 Å². The average molecular weight is 391 g/mol. The summed E-state index contributed by atoms with van der Waals surface area (Å²) in [5.74, 6) is 1.93. The molecule has 28 heavy (non-hydrogen) atoms. The lowest BCUT2D eigenvalue weighted by atomic mass is 10.00. The number of terminal acetylenes is 1. The van der Waals surface area contributed by atoms with Crippen LogP contribution in [0.2, 0.25) is 5.02 Å². The number of nitrogens with one attached hydrogen (secondary N) is 1. The quantitative estimate of drug-likeness (QED) is 0.641. The molecule has 1 amide bonds. The van der Waals surface area contributed by atoms with Crippen LogP contribution in [0.1, 0.15) is 34.3 Å². The molecular weight excluding hydrogens is 375 g/mol. The Morgan fingerprint density at radius 1 is 1.14 bits per heavy atom. The Hall–Kier alpha value is -3.16. The molecule has 0 aliphatic heterocycles. The van der Waals surface area contributed by atoms with E-state index in [4.69, 9.17) is 18.0 Å². The van der Waals surface area contributed by atoms with Crippen molar-refractivity contribution in [2.45, 2.75) is 18.4 Å². The number of carbonyl (C=O) groups excluding carboxylic acids is 1. The molecule has 5 heteroatoms. The van der Waals surface area contributed by atoms with Crippen LogP contribution in [0.15, 0.2) is 60.8 Å². The Balaban J connectivity index is 1.56. The van der Waals surface area contributed by atoms with Crippen molar-refractivity contribution in [3.8, 4) is 23.6 Å². The second kappa shape index (κ2) is 7.10. The van der Waals surface area contributed by atoms with Crippen molar-refractivity contribution in [2.75, 3.05) is 0 Å². The van der Waals surface area contributed by atoms with Crippen LogP contribution in [-0.4, -0.2) is 10.9 Å². The summed E-state index contributed by atoms with van der Waals surface area (Å²) in [6.07, 6.45) is 8.35. The Labute approximate surface area is 167 Å². The molecule has 2 aromatic carbocycles. The molecule has 138 valence electrons. The standard InChI is InChI=1S/C23H16ClFN2O/c1-2-15-3-5-16(6-4-15)22(28)27-23(11-12-23)17-7-9-19(20(25)13-17)21-10-8-18(24)14-26-21/h1,3-10,13-14H,11-12H2,(H,27,28). The normalized spacial score (nSPS) is 14.2. The van der Waals surface area contributed by atoms with Gasteiger partial charge >= 0.3 is 0 Å². The number of halogens is 2. The fourth-order valence-corrected chi connectivity index (χ4v) is 3.29. The smallest absolute Gasteiger partial charge is 0.251 e. The predicted octanol–water partition coefficient (Wildman–Crippen LogP) is 4.94. The molecule has 4 rings (SSSR count). The highest BCUT2D eigenvalue weighted by Gasteiger charge is 2.46. The van der Waals surface area contributed by atoms with Crippen molar-refractivity contribution in [1.82, 2.24) is 10.3 Å². The number of hydrogen-bond acceptors (Lipinski definition) is 2. The third-order valence-electron chi connectivity index (χ3n) is 4.94. The highest BCUT2D eigenvalue weighted by atomic mass is 35.5. The molecule has 0 unspecified atom stereocenters. The summed E-state index contributed by atoms with van der Waals surface area (Å²) in [5.41, 5.74) is 2.35. The Morgan fingerprint density at radius 3 is 2.46 bits per heavy atom. The number of rotatable bonds is 4. The van der Waals surface area contributed by atoms with E-state index in [1.807, 2.05) is 6.07 Å². The first-order chi connectivity index (χ1) is 13.5. The summed E-state index contributed by atoms with van der Waals surface area (Å²) in [6.45, 7) is 0. The van der Waals surface area contributed by atoms with E-state index in [0.717, 1.165) is 18.4 Å². The Kier molecular flexibility index (Phi) is 4.62. The van der Waals surface area contributed by atoms with Crippen LogP contribution >= 0.6 is 11.6 Å². The van der Waals surface area contributed by atoms with Crippen LogP contribution < -0.4 is 5.32 Å². The number of amides is 1. The number of pyridine rings is 1. The van der Waals surface area contributed by atoms with Gasteiger partial charge in [0.15, 0.2) is 0 Å². The number of benzene rings is 2. The monoisotopic (exact) mass is 390 g/mol. The lowest BCUT2D eigenvalue weighted by Gasteiger charge is -2.19. The maximum Gasteiger partial charge on any atom is 0.251 e. The minimum atomic E-state index is -0.533. The van der Waals surface area contributed by atoms with Crippen molar-refractivity contribution in [1.29, 1.82) is 0 Å². The van der Waals surface area contributed by atoms with E-state index >= 15 is 0 Å². The summed E-state index contributed by atoms with van der Waals surface area (Å²) in [7, 11) is 0. The van der Waals surface area contributed by atoms with Gasteiger partial charge in [-0.15, -0.1) is 6.42 Å². The molecule has 0 bridgehead atoms. The molecular formula is C23H16ClFN2O. The fraction of sp³-hybridized carbons (Fsp3) is 0.130. The SMILES string of the molecule is C#Cc1ccc(C(=O)NC2(c3ccc(-c4ccc(Cl)cn4)c(F)c3)CC2)cc1. The molecule has 1 aromatic heterocycles. The van der Waals surface area contributed by atoms with Gasteiger partial charge in [-0.2, -0.15) is 0 Å². The van der Waals surface area contributed by atoms with Crippen molar-refractivity contribution in [3.05, 3.63) is 88.3 Å². The van der Waals surface area contributed by atoms with E-state index in [9.17, 15) is 9.18 Å². The molecule has 0 spiro atoms. The Bertz CT molecular complexity index is 1080. The van der Waals surface area contributed by atoms with E-state index in [1.165, 1.54) is 12.3 Å². The predicted molar refractivity (Wildman–Crippen MR) is 107 cm³/mol. The lowest BCUT2D eigenvalue weighted by molar-refractivity contribution is 0.0930. The average Bonchev–Trinajstić information content (AvgIpc) is 3.49. The molecule has 1 aliphatic carbocycles. The van der Waals surface area contributed by atoms with Crippen LogP contribution in [0.3, 0.4) is 0 Å². The van der Waals surface area contributed by atoms with Crippen LogP contribution in [0.4, 0.5) is 4.39 Å². The van der Waals surface area contributed by atoms with E-state index in [2.05, 4.69) is 16.2 Å². The minimum Gasteiger partial charge on any atom is -0.343 e. The van der Waals surface area contributed by atoms with Crippen LogP contribution in [0.25, 0.3) is 11.3 Å². The molecule has 3 aromatic rings. The van der Waals surface area contributed by atoms with Gasteiger partial charge in [0.2, 0.25) is 0 Å². The van der Waals surface area contributed by atoms with E-state index in [0.29, 0.717) is 27.4 Å². The number of hydrogen-bond donors (Lipinski definition) is 1. The largest absolute Gasteiger partial charge is 0.343 e. The lowest BCUT2D eigenvalue weighted by Crippen LogP contribution is -2.34. The second-order valence-corrected chi connectivity index (χ2v) is 7.25. The van der Waals surface area contributed by atoms with Crippen LogP contribution in [0.5, 0.6) is 0 Å². The highest BCUT2D eigenvalue weighted by Crippen LogP contribution is 2.46. The zero-order valence-electron chi connectivity index (χ0n) is 14.9. The van der Waals surface area contributed by atoms with Crippen LogP contribution in [-0.2, 0) is 5.54 Å². The van der Waals surface area contributed by atoms with Gasteiger partial charge in [0, 0.05) is 22.9 Å². The second-order valence-electron chi connectivity index (χ2n) is 6.81. The maximum absolute atomic E-state index is 14.7. The number of carbonyl (C=O) groups is 1. The van der Waals surface area contributed by atoms with Crippen molar-refractivity contribution < 1.29 is 9.18 Å². The first kappa shape index (κ1) is 18.2. The van der Waals surface area contributed by atoms with Gasteiger partial charge in [-0.05, 0) is 66.9 Å². The van der Waals surface area contributed by atoms with Gasteiger partial charge in [-0.1, -0.05) is 23.6 Å². The van der Waals surface area contributed by atoms with Gasteiger partial charge in [-0.3, -0.25) is 9.78 Å². The molecule has 1 heterocycles. The molecule has 1 fully saturated rings. The number of aromatic nitrogens is 1. The zero-order chi connectivity index (χ0) is 19.7. The first-order valence-corrected chi connectivity index (χ1v) is 9.20. The highest BCUT2D eigenvalue weighted by molar-refractivity contribution is 6.30. The summed E-state index contributed by atoms with van der Waals surface area (Å²) in [6, 6.07) is 15.2. The molecule has 1 N–H and O–H groups in total. The third-order valence-corrected chi connectivity index (χ3v) is 5.17. The maximum atomic E-state index is 14.7. The van der Waals surface area contributed by atoms with Crippen molar-refractivity contribution >= 4 is 17.5 Å². The van der Waals surface area contributed by atoms with E-state index < -0.39 is 5.54 Å². The summed E-state index contributed by atoms with van der Waals surface area (Å²) < 4.78 is 14.7. The number of nitrogens with zero attached hydrogens (tertiary/aromatic N) is 1.